The molecule has 0 unspecified atom stereocenters. The molecular formula is C48H52Cl2N18O10S2. The summed E-state index contributed by atoms with van der Waals surface area (Å²) in [5, 5.41) is 16.6. The molecule has 2 atom stereocenters. The van der Waals surface area contributed by atoms with Crippen LogP contribution in [0.5, 0.6) is 35.3 Å². The first-order chi connectivity index (χ1) is 38.7. The zero-order chi connectivity index (χ0) is 56.6. The van der Waals surface area contributed by atoms with Crippen molar-refractivity contribution in [3.63, 3.8) is 0 Å². The number of methoxy groups -OCH3 is 6. The number of halogens is 2. The van der Waals surface area contributed by atoms with E-state index in [1.165, 1.54) is 89.2 Å². The Kier molecular flexibility index (Phi) is 17.5. The molecule has 0 radical (unpaired) electrons. The summed E-state index contributed by atoms with van der Waals surface area (Å²) >= 11 is 11.8. The number of sulfone groups is 2. The summed E-state index contributed by atoms with van der Waals surface area (Å²) in [6.07, 6.45) is 10.8. The van der Waals surface area contributed by atoms with Crippen molar-refractivity contribution in [2.24, 2.45) is 0 Å². The van der Waals surface area contributed by atoms with Crippen LogP contribution in [0.4, 0.5) is 11.9 Å². The molecule has 10 heterocycles. The summed E-state index contributed by atoms with van der Waals surface area (Å²) in [6.45, 7) is 1.71. The van der Waals surface area contributed by atoms with Gasteiger partial charge < -0.3 is 38.2 Å². The maximum absolute atomic E-state index is 13.8. The molecule has 10 rings (SSSR count). The third kappa shape index (κ3) is 12.3. The second-order valence-electron chi connectivity index (χ2n) is 17.6. The first-order valence-electron chi connectivity index (χ1n) is 24.3. The van der Waals surface area contributed by atoms with Crippen molar-refractivity contribution in [1.82, 2.24) is 79.4 Å². The highest BCUT2D eigenvalue weighted by atomic mass is 35.5. The lowest BCUT2D eigenvalue weighted by Gasteiger charge is -2.32. The van der Waals surface area contributed by atoms with Gasteiger partial charge in [0.25, 0.3) is 0 Å². The van der Waals surface area contributed by atoms with Crippen LogP contribution in [0, 0.1) is 0 Å². The predicted molar refractivity (Wildman–Crippen MR) is 289 cm³/mol. The fourth-order valence-corrected chi connectivity index (χ4v) is 12.6. The van der Waals surface area contributed by atoms with E-state index in [0.29, 0.717) is 83.9 Å². The average Bonchev–Trinajstić information content (AvgIpc) is 4.12. The van der Waals surface area contributed by atoms with Crippen LogP contribution < -0.4 is 38.2 Å². The van der Waals surface area contributed by atoms with Crippen LogP contribution in [0.15, 0.2) is 73.8 Å². The zero-order valence-electron chi connectivity index (χ0n) is 43.9. The Morgan fingerprint density at radius 1 is 0.500 bits per heavy atom. The van der Waals surface area contributed by atoms with E-state index in [1.807, 2.05) is 9.80 Å². The number of rotatable bonds is 18. The van der Waals surface area contributed by atoms with Crippen molar-refractivity contribution in [3.05, 3.63) is 95.5 Å². The number of hydrogen-bond donors (Lipinski definition) is 0. The van der Waals surface area contributed by atoms with E-state index in [4.69, 9.17) is 51.6 Å². The van der Waals surface area contributed by atoms with Crippen LogP contribution in [0.1, 0.15) is 37.3 Å². The molecule has 0 aliphatic carbocycles. The van der Waals surface area contributed by atoms with Crippen molar-refractivity contribution in [2.45, 2.75) is 47.7 Å². The number of ether oxygens (including phenoxy) is 6. The molecule has 80 heavy (non-hydrogen) atoms. The van der Waals surface area contributed by atoms with Gasteiger partial charge in [0, 0.05) is 38.3 Å². The van der Waals surface area contributed by atoms with Crippen molar-refractivity contribution < 1.29 is 45.3 Å². The Labute approximate surface area is 468 Å². The van der Waals surface area contributed by atoms with Crippen LogP contribution in [-0.4, -0.2) is 176 Å². The molecule has 0 aromatic carbocycles. The van der Waals surface area contributed by atoms with Gasteiger partial charge in [-0.05, 0) is 37.8 Å². The van der Waals surface area contributed by atoms with Crippen LogP contribution in [0.3, 0.4) is 0 Å². The standard InChI is InChI=1S/2C24H26ClN9O5S/c2*1-37-19-8-4-7-17(30-19)21-32-31-18(34(21)20-22(38-2)28-14-29-23(20)39-3)13-40(35,36)16-6-5-9-33(12-16)24-26-10-15(25)11-27-24/h2*4,7-8,10-11,14,16H,5-6,9,12-13H2,1-3H3/t2*16-/m10/s1. The van der Waals surface area contributed by atoms with Gasteiger partial charge in [-0.1, -0.05) is 35.3 Å². The monoisotopic (exact) mass is 1170 g/mol. The van der Waals surface area contributed by atoms with Crippen molar-refractivity contribution in [1.29, 1.82) is 0 Å². The van der Waals surface area contributed by atoms with E-state index < -0.39 is 41.7 Å². The van der Waals surface area contributed by atoms with Gasteiger partial charge in [-0.2, -0.15) is 19.9 Å². The van der Waals surface area contributed by atoms with E-state index in [2.05, 4.69) is 70.2 Å². The minimum Gasteiger partial charge on any atom is -0.481 e. The quantitative estimate of drug-likeness (QED) is 0.115. The molecule has 2 fully saturated rings. The summed E-state index contributed by atoms with van der Waals surface area (Å²) in [6, 6.07) is 10.2. The molecule has 8 aromatic heterocycles. The fourth-order valence-electron chi connectivity index (χ4n) is 8.96. The molecule has 420 valence electrons. The number of piperidine rings is 2. The van der Waals surface area contributed by atoms with Gasteiger partial charge in [-0.15, -0.1) is 20.4 Å². The Morgan fingerprint density at radius 3 is 1.20 bits per heavy atom. The summed E-state index contributed by atoms with van der Waals surface area (Å²) < 4.78 is 90.8. The van der Waals surface area contributed by atoms with Crippen molar-refractivity contribution in [2.75, 3.05) is 78.6 Å². The second-order valence-corrected chi connectivity index (χ2v) is 23.0. The largest absolute Gasteiger partial charge is 0.481 e. The summed E-state index contributed by atoms with van der Waals surface area (Å²) in [5.41, 5.74) is 1.24. The van der Waals surface area contributed by atoms with E-state index in [1.54, 1.807) is 36.4 Å². The Bertz CT molecular complexity index is 3400. The molecular weight excluding hydrogens is 1120 g/mol. The van der Waals surface area contributed by atoms with Gasteiger partial charge in [-0.3, -0.25) is 9.13 Å². The summed E-state index contributed by atoms with van der Waals surface area (Å²) in [4.78, 5) is 46.4. The highest BCUT2D eigenvalue weighted by molar-refractivity contribution is 7.91. The topological polar surface area (TPSA) is 320 Å². The molecule has 0 amide bonds. The molecule has 0 N–H and O–H groups in total. The minimum atomic E-state index is -3.75. The molecule has 2 aliphatic rings. The zero-order valence-corrected chi connectivity index (χ0v) is 47.0. The Balaban J connectivity index is 0.000000194. The van der Waals surface area contributed by atoms with Gasteiger partial charge in [0.2, 0.25) is 47.2 Å². The van der Waals surface area contributed by atoms with Crippen LogP contribution >= 0.6 is 23.2 Å². The highest BCUT2D eigenvalue weighted by Gasteiger charge is 2.37. The maximum atomic E-state index is 13.8. The number of anilines is 2. The van der Waals surface area contributed by atoms with Crippen LogP contribution in [-0.2, 0) is 31.2 Å². The van der Waals surface area contributed by atoms with E-state index >= 15 is 0 Å². The third-order valence-corrected chi connectivity index (χ3v) is 17.2. The molecule has 28 nitrogen and oxygen atoms in total. The van der Waals surface area contributed by atoms with Gasteiger partial charge in [0.1, 0.15) is 35.5 Å². The first-order valence-corrected chi connectivity index (χ1v) is 28.5. The Morgan fingerprint density at radius 2 is 0.863 bits per heavy atom. The van der Waals surface area contributed by atoms with E-state index in [0.717, 1.165) is 0 Å². The molecule has 0 bridgehead atoms. The Hall–Kier alpha value is -8.22. The number of hydrogen-bond acceptors (Lipinski definition) is 26. The molecule has 32 heteroatoms. The lowest BCUT2D eigenvalue weighted by atomic mass is 10.1. The normalized spacial score (nSPS) is 15.6. The van der Waals surface area contributed by atoms with Gasteiger partial charge in [0.15, 0.2) is 54.3 Å². The smallest absolute Gasteiger partial charge is 0.245 e. The molecule has 8 aromatic rings. The maximum Gasteiger partial charge on any atom is 0.245 e. The third-order valence-electron chi connectivity index (χ3n) is 12.7. The SMILES string of the molecule is COc1cccc(-c2nnc(CS(=O)(=O)[C@@H]3CCCN(c4ncc(Cl)cn4)C3)n2-c2c(OC)ncnc2OC)n1.COc1cccc(-c2nnc(CS(=O)(=O)[C@H]3CCCN(c4ncc(Cl)cn4)C3)n2-c2c(OC)ncnc2OC)n1. The van der Waals surface area contributed by atoms with Crippen LogP contribution in [0.25, 0.3) is 34.4 Å². The van der Waals surface area contributed by atoms with Crippen molar-refractivity contribution >= 4 is 54.8 Å². The van der Waals surface area contributed by atoms with Crippen molar-refractivity contribution in [3.8, 4) is 69.7 Å². The summed E-state index contributed by atoms with van der Waals surface area (Å²) in [7, 11) is 1.23. The number of pyridine rings is 2. The predicted octanol–water partition coefficient (Wildman–Crippen LogP) is 4.34. The second kappa shape index (κ2) is 24.8. The van der Waals surface area contributed by atoms with E-state index in [-0.39, 0.29) is 71.3 Å². The lowest BCUT2D eigenvalue weighted by molar-refractivity contribution is 0.367. The molecule has 2 aliphatic heterocycles. The molecule has 0 spiro atoms. The fraction of sp³-hybridized carbons (Fsp3) is 0.375. The van der Waals surface area contributed by atoms with Gasteiger partial charge in [0.05, 0.1) is 88.0 Å². The highest BCUT2D eigenvalue weighted by Crippen LogP contribution is 2.37. The first kappa shape index (κ1) is 56.5. The lowest BCUT2D eigenvalue weighted by Crippen LogP contribution is -2.43. The van der Waals surface area contributed by atoms with E-state index in [9.17, 15) is 16.8 Å². The van der Waals surface area contributed by atoms with Gasteiger partial charge in [-0.25, -0.2) is 46.7 Å². The average molecular weight is 1180 g/mol. The van der Waals surface area contributed by atoms with Gasteiger partial charge >= 0.3 is 0 Å². The van der Waals surface area contributed by atoms with Crippen LogP contribution in [0.2, 0.25) is 10.0 Å². The summed E-state index contributed by atoms with van der Waals surface area (Å²) in [5.74, 6) is 1.93. The molecule has 0 saturated carbocycles. The minimum absolute atomic E-state index is 0.117. The number of aromatic nitrogens is 16. The number of nitrogens with zero attached hydrogens (tertiary/aromatic N) is 18. The molecule has 2 saturated heterocycles.